The van der Waals surface area contributed by atoms with Gasteiger partial charge in [0.05, 0.1) is 4.90 Å². The van der Waals surface area contributed by atoms with Gasteiger partial charge in [-0.15, -0.1) is 11.8 Å². The lowest BCUT2D eigenvalue weighted by Crippen LogP contribution is -2.31. The van der Waals surface area contributed by atoms with Crippen LogP contribution in [0.5, 0.6) is 0 Å². The Balaban J connectivity index is 1.95. The Labute approximate surface area is 141 Å². The molecule has 3 nitrogen and oxygen atoms in total. The Morgan fingerprint density at radius 3 is 2.73 bits per heavy atom. The van der Waals surface area contributed by atoms with Gasteiger partial charge in [0.25, 0.3) is 0 Å². The molecule has 0 saturated carbocycles. The van der Waals surface area contributed by atoms with Gasteiger partial charge >= 0.3 is 0 Å². The zero-order chi connectivity index (χ0) is 15.7. The maximum Gasteiger partial charge on any atom is 0.242 e. The molecule has 0 amide bonds. The molecule has 7 heteroatoms. The molecule has 1 N–H and O–H groups in total. The molecule has 0 bridgehead atoms. The lowest BCUT2D eigenvalue weighted by molar-refractivity contribution is 0.533. The summed E-state index contributed by atoms with van der Waals surface area (Å²) < 4.78 is 42.2. The molecule has 2 aromatic carbocycles. The summed E-state index contributed by atoms with van der Waals surface area (Å²) in [4.78, 5) is 0.722. The maximum absolute atomic E-state index is 13.9. The third-order valence-electron chi connectivity index (χ3n) is 3.45. The van der Waals surface area contributed by atoms with Crippen molar-refractivity contribution in [2.75, 3.05) is 5.75 Å². The minimum atomic E-state index is -3.67. The van der Waals surface area contributed by atoms with Gasteiger partial charge < -0.3 is 0 Å². The third kappa shape index (κ3) is 3.08. The second-order valence-corrected chi connectivity index (χ2v) is 8.54. The van der Waals surface area contributed by atoms with Crippen molar-refractivity contribution in [3.05, 3.63) is 58.3 Å². The monoisotopic (exact) mass is 401 g/mol. The van der Waals surface area contributed by atoms with E-state index >= 15 is 0 Å². The Hall–Kier alpha value is -0.890. The average molecular weight is 402 g/mol. The Morgan fingerprint density at radius 2 is 1.95 bits per heavy atom. The smallest absolute Gasteiger partial charge is 0.207 e. The maximum atomic E-state index is 13.9. The molecule has 0 aromatic heterocycles. The van der Waals surface area contributed by atoms with Crippen LogP contribution in [-0.4, -0.2) is 14.2 Å². The van der Waals surface area contributed by atoms with E-state index in [1.165, 1.54) is 23.9 Å². The summed E-state index contributed by atoms with van der Waals surface area (Å²) in [6.07, 6.45) is 0.630. The molecular weight excluding hydrogens is 389 g/mol. The van der Waals surface area contributed by atoms with Gasteiger partial charge in [0.1, 0.15) is 5.82 Å². The van der Waals surface area contributed by atoms with Crippen LogP contribution in [0.2, 0.25) is 0 Å². The van der Waals surface area contributed by atoms with Crippen molar-refractivity contribution in [3.8, 4) is 0 Å². The summed E-state index contributed by atoms with van der Waals surface area (Å²) in [5.74, 6) is 0.379. The highest BCUT2D eigenvalue weighted by atomic mass is 79.9. The number of sulfonamides is 1. The molecule has 22 heavy (non-hydrogen) atoms. The predicted octanol–water partition coefficient (Wildman–Crippen LogP) is 4.10. The zero-order valence-electron chi connectivity index (χ0n) is 11.4. The van der Waals surface area contributed by atoms with Crippen LogP contribution in [0.15, 0.2) is 56.7 Å². The number of halogens is 2. The van der Waals surface area contributed by atoms with Crippen LogP contribution in [-0.2, 0) is 10.0 Å². The Morgan fingerprint density at radius 1 is 1.18 bits per heavy atom. The first-order valence-electron chi connectivity index (χ1n) is 6.67. The zero-order valence-corrected chi connectivity index (χ0v) is 14.6. The first kappa shape index (κ1) is 16.0. The van der Waals surface area contributed by atoms with Crippen LogP contribution in [0.4, 0.5) is 4.39 Å². The third-order valence-corrected chi connectivity index (χ3v) is 7.09. The van der Waals surface area contributed by atoms with E-state index in [0.717, 1.165) is 0 Å². The number of thioether (sulfide) groups is 1. The van der Waals surface area contributed by atoms with E-state index in [1.807, 2.05) is 0 Å². The van der Waals surface area contributed by atoms with Crippen LogP contribution in [0.25, 0.3) is 0 Å². The summed E-state index contributed by atoms with van der Waals surface area (Å²) in [6, 6.07) is 11.0. The van der Waals surface area contributed by atoms with E-state index in [0.29, 0.717) is 27.1 Å². The van der Waals surface area contributed by atoms with Crippen LogP contribution >= 0.6 is 27.7 Å². The fraction of sp³-hybridized carbons (Fsp3) is 0.200. The SMILES string of the molecule is O=S(=O)(N[C@H]1CCSc2c(F)cccc21)c1ccccc1Br. The highest BCUT2D eigenvalue weighted by Gasteiger charge is 2.28. The number of benzene rings is 2. The molecule has 1 aliphatic rings. The normalized spacial score (nSPS) is 18.0. The molecule has 0 unspecified atom stereocenters. The number of rotatable bonds is 3. The van der Waals surface area contributed by atoms with E-state index in [4.69, 9.17) is 0 Å². The van der Waals surface area contributed by atoms with Crippen molar-refractivity contribution in [1.29, 1.82) is 0 Å². The number of hydrogen-bond acceptors (Lipinski definition) is 3. The van der Waals surface area contributed by atoms with Gasteiger partial charge in [0, 0.05) is 15.4 Å². The van der Waals surface area contributed by atoms with E-state index in [9.17, 15) is 12.8 Å². The van der Waals surface area contributed by atoms with Gasteiger partial charge in [-0.2, -0.15) is 0 Å². The summed E-state index contributed by atoms with van der Waals surface area (Å²) in [5, 5.41) is 0. The van der Waals surface area contributed by atoms with Gasteiger partial charge in [0.15, 0.2) is 0 Å². The summed E-state index contributed by atoms with van der Waals surface area (Å²) in [7, 11) is -3.67. The summed E-state index contributed by atoms with van der Waals surface area (Å²) >= 11 is 4.68. The van der Waals surface area contributed by atoms with Gasteiger partial charge in [-0.05, 0) is 51.9 Å². The molecule has 0 saturated heterocycles. The van der Waals surface area contributed by atoms with Gasteiger partial charge in [0.2, 0.25) is 10.0 Å². The summed E-state index contributed by atoms with van der Waals surface area (Å²) in [5.41, 5.74) is 0.701. The molecule has 3 rings (SSSR count). The van der Waals surface area contributed by atoms with Crippen LogP contribution in [0, 0.1) is 5.82 Å². The highest BCUT2D eigenvalue weighted by molar-refractivity contribution is 9.10. The van der Waals surface area contributed by atoms with Crippen molar-refractivity contribution < 1.29 is 12.8 Å². The van der Waals surface area contributed by atoms with Crippen LogP contribution < -0.4 is 4.72 Å². The minimum absolute atomic E-state index is 0.186. The molecule has 1 atom stereocenters. The molecule has 116 valence electrons. The van der Waals surface area contributed by atoms with Crippen molar-refractivity contribution in [2.45, 2.75) is 22.3 Å². The van der Waals surface area contributed by atoms with E-state index < -0.39 is 16.1 Å². The first-order valence-corrected chi connectivity index (χ1v) is 9.93. The van der Waals surface area contributed by atoms with Gasteiger partial charge in [-0.25, -0.2) is 17.5 Å². The van der Waals surface area contributed by atoms with Crippen molar-refractivity contribution >= 4 is 37.7 Å². The van der Waals surface area contributed by atoms with E-state index in [1.54, 1.807) is 30.3 Å². The molecule has 1 heterocycles. The first-order chi connectivity index (χ1) is 10.5. The fourth-order valence-electron chi connectivity index (χ4n) is 2.42. The number of nitrogens with one attached hydrogen (secondary N) is 1. The molecule has 0 radical (unpaired) electrons. The fourth-order valence-corrected chi connectivity index (χ4v) is 5.82. The largest absolute Gasteiger partial charge is 0.242 e. The van der Waals surface area contributed by atoms with E-state index in [2.05, 4.69) is 20.7 Å². The van der Waals surface area contributed by atoms with Crippen molar-refractivity contribution in [3.63, 3.8) is 0 Å². The van der Waals surface area contributed by atoms with Gasteiger partial charge in [-0.1, -0.05) is 24.3 Å². The highest BCUT2D eigenvalue weighted by Crippen LogP contribution is 2.38. The van der Waals surface area contributed by atoms with Crippen molar-refractivity contribution in [2.24, 2.45) is 0 Å². The number of hydrogen-bond donors (Lipinski definition) is 1. The average Bonchev–Trinajstić information content (AvgIpc) is 2.48. The second-order valence-electron chi connectivity index (χ2n) is 4.90. The summed E-state index contributed by atoms with van der Waals surface area (Å²) in [6.45, 7) is 0. The lowest BCUT2D eigenvalue weighted by Gasteiger charge is -2.26. The Kier molecular flexibility index (Phi) is 4.59. The quantitative estimate of drug-likeness (QED) is 0.841. The molecule has 0 aliphatic carbocycles. The topological polar surface area (TPSA) is 46.2 Å². The van der Waals surface area contributed by atoms with Crippen molar-refractivity contribution in [1.82, 2.24) is 4.72 Å². The molecule has 0 fully saturated rings. The number of fused-ring (bicyclic) bond motifs is 1. The Bertz CT molecular complexity index is 811. The lowest BCUT2D eigenvalue weighted by atomic mass is 10.0. The second kappa shape index (κ2) is 6.31. The van der Waals surface area contributed by atoms with E-state index in [-0.39, 0.29) is 10.7 Å². The standard InChI is InChI=1S/C15H13BrFNO2S2/c16-11-5-1-2-7-14(11)22(19,20)18-13-8-9-21-15-10(13)4-3-6-12(15)17/h1-7,13,18H,8-9H2/t13-/m0/s1. The van der Waals surface area contributed by atoms with Gasteiger partial charge in [-0.3, -0.25) is 0 Å². The molecule has 2 aromatic rings. The van der Waals surface area contributed by atoms with Crippen LogP contribution in [0.3, 0.4) is 0 Å². The molecule has 1 aliphatic heterocycles. The minimum Gasteiger partial charge on any atom is -0.207 e. The van der Waals surface area contributed by atoms with Crippen LogP contribution in [0.1, 0.15) is 18.0 Å². The predicted molar refractivity (Wildman–Crippen MR) is 88.9 cm³/mol. The molecular formula is C15H13BrFNO2S2. The molecule has 0 spiro atoms.